The van der Waals surface area contributed by atoms with Crippen LogP contribution in [-0.2, 0) is 11.2 Å². The summed E-state index contributed by atoms with van der Waals surface area (Å²) in [6.07, 6.45) is 4.29. The van der Waals surface area contributed by atoms with Crippen LogP contribution in [0.3, 0.4) is 0 Å². The van der Waals surface area contributed by atoms with Gasteiger partial charge in [-0.05, 0) is 59.2 Å². The molecule has 3 N–H and O–H groups in total. The highest BCUT2D eigenvalue weighted by Crippen LogP contribution is 2.34. The molecule has 9 heteroatoms. The van der Waals surface area contributed by atoms with E-state index in [0.29, 0.717) is 28.0 Å². The summed E-state index contributed by atoms with van der Waals surface area (Å²) in [5.41, 5.74) is 10.1. The molecule has 4 aromatic rings. The summed E-state index contributed by atoms with van der Waals surface area (Å²) in [5.74, 6) is 0.633. The second-order valence-electron chi connectivity index (χ2n) is 8.03. The summed E-state index contributed by atoms with van der Waals surface area (Å²) in [7, 11) is 0. The number of fused-ring (bicyclic) bond motifs is 1. The van der Waals surface area contributed by atoms with Crippen LogP contribution in [0.25, 0.3) is 28.0 Å². The second kappa shape index (κ2) is 9.74. The summed E-state index contributed by atoms with van der Waals surface area (Å²) in [6, 6.07) is 20.3. The van der Waals surface area contributed by atoms with Crippen molar-refractivity contribution >= 4 is 56.7 Å². The molecule has 5 rings (SSSR count). The molecule has 0 bridgehead atoms. The number of benzene rings is 3. The molecule has 170 valence electrons. The Bertz CT molecular complexity index is 1400. The molecule has 34 heavy (non-hydrogen) atoms. The number of thiocarbonyl (C=S) groups is 1. The number of carbonyl (C=O) groups is 1. The minimum absolute atomic E-state index is 0.0464. The number of aryl methyl sites for hydroxylation is 1. The average molecular weight is 487 g/mol. The third-order valence-electron chi connectivity index (χ3n) is 5.71. The van der Waals surface area contributed by atoms with E-state index >= 15 is 0 Å². The number of rotatable bonds is 7. The average Bonchev–Trinajstić information content (AvgIpc) is 3.45. The normalized spacial score (nSPS) is 15.1. The van der Waals surface area contributed by atoms with E-state index in [0.717, 1.165) is 46.0 Å². The maximum absolute atomic E-state index is 13.0. The van der Waals surface area contributed by atoms with Gasteiger partial charge in [0.2, 0.25) is 0 Å². The third-order valence-corrected chi connectivity index (χ3v) is 7.08. The lowest BCUT2D eigenvalue weighted by atomic mass is 9.98. The summed E-state index contributed by atoms with van der Waals surface area (Å²) < 4.78 is 0.592. The standard InChI is InChI=1S/C25H22N6OS2/c26-21-15-19(14-18-7-1-2-9-20(18)21)17-8-5-6-16(12-17)13-22-24(32)31(25(33)34-22)11-4-3-10-23-27-29-30-28-23/h1-2,5-9,12-15H,3-4,10-11,26H2,(H,27,28,29,30). The monoisotopic (exact) mass is 486 g/mol. The van der Waals surface area contributed by atoms with Crippen LogP contribution >= 0.6 is 24.0 Å². The number of carbonyl (C=O) groups excluding carboxylic acids is 1. The Morgan fingerprint density at radius 2 is 1.94 bits per heavy atom. The molecular weight excluding hydrogens is 464 g/mol. The van der Waals surface area contributed by atoms with Crippen LogP contribution in [0.5, 0.6) is 0 Å². The van der Waals surface area contributed by atoms with Crippen molar-refractivity contribution in [1.29, 1.82) is 0 Å². The van der Waals surface area contributed by atoms with Gasteiger partial charge in [0, 0.05) is 24.0 Å². The van der Waals surface area contributed by atoms with Gasteiger partial charge < -0.3 is 5.73 Å². The molecule has 0 saturated carbocycles. The van der Waals surface area contributed by atoms with Crippen LogP contribution in [0.1, 0.15) is 24.2 Å². The first-order chi connectivity index (χ1) is 16.6. The molecule has 0 aliphatic carbocycles. The van der Waals surface area contributed by atoms with E-state index in [1.54, 1.807) is 4.90 Å². The van der Waals surface area contributed by atoms with Crippen LogP contribution in [0, 0.1) is 0 Å². The van der Waals surface area contributed by atoms with Crippen LogP contribution < -0.4 is 5.73 Å². The Morgan fingerprint density at radius 1 is 1.06 bits per heavy atom. The summed E-state index contributed by atoms with van der Waals surface area (Å²) in [5, 5.41) is 16.0. The van der Waals surface area contributed by atoms with Gasteiger partial charge in [0.05, 0.1) is 4.91 Å². The molecule has 1 amide bonds. The zero-order chi connectivity index (χ0) is 23.5. The fourth-order valence-corrected chi connectivity index (χ4v) is 5.31. The molecule has 0 spiro atoms. The maximum atomic E-state index is 13.0. The second-order valence-corrected chi connectivity index (χ2v) is 9.71. The number of nitrogens with one attached hydrogen (secondary N) is 1. The predicted octanol–water partition coefficient (Wildman–Crippen LogP) is 4.83. The molecule has 1 aliphatic heterocycles. The molecule has 1 fully saturated rings. The third kappa shape index (κ3) is 4.71. The smallest absolute Gasteiger partial charge is 0.266 e. The number of nitrogens with two attached hydrogens (primary N) is 1. The van der Waals surface area contributed by atoms with Gasteiger partial charge in [0.1, 0.15) is 4.32 Å². The highest BCUT2D eigenvalue weighted by atomic mass is 32.2. The van der Waals surface area contributed by atoms with Crippen molar-refractivity contribution in [2.45, 2.75) is 19.3 Å². The zero-order valence-electron chi connectivity index (χ0n) is 18.3. The van der Waals surface area contributed by atoms with Crippen LogP contribution in [0.15, 0.2) is 65.6 Å². The van der Waals surface area contributed by atoms with Crippen LogP contribution in [0.4, 0.5) is 5.69 Å². The van der Waals surface area contributed by atoms with E-state index in [1.165, 1.54) is 11.8 Å². The quantitative estimate of drug-likeness (QED) is 0.167. The maximum Gasteiger partial charge on any atom is 0.266 e. The molecule has 3 aromatic carbocycles. The fourth-order valence-electron chi connectivity index (χ4n) is 4.00. The van der Waals surface area contributed by atoms with Crippen molar-refractivity contribution in [1.82, 2.24) is 25.5 Å². The first-order valence-corrected chi connectivity index (χ1v) is 12.2. The molecular formula is C25H22N6OS2. The number of nitrogens with zero attached hydrogens (tertiary/aromatic N) is 4. The Balaban J connectivity index is 1.30. The summed E-state index contributed by atoms with van der Waals surface area (Å²) >= 11 is 6.82. The van der Waals surface area contributed by atoms with Crippen molar-refractivity contribution < 1.29 is 4.79 Å². The number of hydrogen-bond donors (Lipinski definition) is 2. The van der Waals surface area contributed by atoms with Crippen molar-refractivity contribution in [2.24, 2.45) is 0 Å². The Hall–Kier alpha value is -3.56. The summed E-state index contributed by atoms with van der Waals surface area (Å²) in [4.78, 5) is 15.3. The Morgan fingerprint density at radius 3 is 2.79 bits per heavy atom. The molecule has 0 radical (unpaired) electrons. The number of thioether (sulfide) groups is 1. The molecule has 1 aliphatic rings. The lowest BCUT2D eigenvalue weighted by Gasteiger charge is -2.13. The minimum atomic E-state index is -0.0464. The Kier molecular flexibility index (Phi) is 6.37. The van der Waals surface area contributed by atoms with Gasteiger partial charge in [-0.25, -0.2) is 0 Å². The molecule has 2 heterocycles. The first kappa shape index (κ1) is 22.2. The number of anilines is 1. The van der Waals surface area contributed by atoms with Gasteiger partial charge in [0.15, 0.2) is 5.82 Å². The zero-order valence-corrected chi connectivity index (χ0v) is 19.9. The highest BCUT2D eigenvalue weighted by Gasteiger charge is 2.31. The molecule has 0 atom stereocenters. The number of tetrazole rings is 1. The number of H-pyrrole nitrogens is 1. The van der Waals surface area contributed by atoms with Crippen LogP contribution in [0.2, 0.25) is 0 Å². The largest absolute Gasteiger partial charge is 0.398 e. The SMILES string of the molecule is Nc1cc(-c2cccc(C=C3SC(=S)N(CCCCc4nn[nH]n4)C3=O)c2)cc2ccccc12. The topological polar surface area (TPSA) is 101 Å². The number of amides is 1. The number of aromatic nitrogens is 4. The number of hydrogen-bond acceptors (Lipinski definition) is 7. The highest BCUT2D eigenvalue weighted by molar-refractivity contribution is 8.26. The van der Waals surface area contributed by atoms with Gasteiger partial charge in [-0.3, -0.25) is 9.69 Å². The Labute approximate surface area is 206 Å². The van der Waals surface area contributed by atoms with Crippen molar-refractivity contribution in [3.05, 3.63) is 77.0 Å². The van der Waals surface area contributed by atoms with E-state index in [2.05, 4.69) is 44.9 Å². The summed E-state index contributed by atoms with van der Waals surface area (Å²) in [6.45, 7) is 0.580. The van der Waals surface area contributed by atoms with Gasteiger partial charge >= 0.3 is 0 Å². The lowest BCUT2D eigenvalue weighted by molar-refractivity contribution is -0.122. The molecule has 1 aromatic heterocycles. The van der Waals surface area contributed by atoms with Gasteiger partial charge in [-0.1, -0.05) is 71.7 Å². The predicted molar refractivity (Wildman–Crippen MR) is 141 cm³/mol. The first-order valence-electron chi connectivity index (χ1n) is 10.9. The van der Waals surface area contributed by atoms with E-state index in [-0.39, 0.29) is 5.91 Å². The van der Waals surface area contributed by atoms with Crippen molar-refractivity contribution in [3.63, 3.8) is 0 Å². The fraction of sp³-hybridized carbons (Fsp3) is 0.160. The minimum Gasteiger partial charge on any atom is -0.398 e. The lowest BCUT2D eigenvalue weighted by Crippen LogP contribution is -2.29. The molecule has 7 nitrogen and oxygen atoms in total. The van der Waals surface area contributed by atoms with Gasteiger partial charge in [0.25, 0.3) is 5.91 Å². The molecule has 1 saturated heterocycles. The van der Waals surface area contributed by atoms with Crippen LogP contribution in [-0.4, -0.2) is 42.3 Å². The number of unbranched alkanes of at least 4 members (excludes halogenated alkanes) is 1. The van der Waals surface area contributed by atoms with Crippen molar-refractivity contribution in [3.8, 4) is 11.1 Å². The van der Waals surface area contributed by atoms with Crippen molar-refractivity contribution in [2.75, 3.05) is 12.3 Å². The van der Waals surface area contributed by atoms with E-state index < -0.39 is 0 Å². The molecule has 0 unspecified atom stereocenters. The van der Waals surface area contributed by atoms with E-state index in [9.17, 15) is 4.79 Å². The van der Waals surface area contributed by atoms with E-state index in [4.69, 9.17) is 18.0 Å². The number of aromatic amines is 1. The van der Waals surface area contributed by atoms with E-state index in [1.807, 2.05) is 42.5 Å². The number of nitrogen functional groups attached to an aromatic ring is 1. The van der Waals surface area contributed by atoms with Gasteiger partial charge in [-0.2, -0.15) is 5.21 Å². The van der Waals surface area contributed by atoms with Gasteiger partial charge in [-0.15, -0.1) is 10.2 Å².